The summed E-state index contributed by atoms with van der Waals surface area (Å²) in [6.07, 6.45) is 19.8. The van der Waals surface area contributed by atoms with Gasteiger partial charge in [-0.3, -0.25) is 14.1 Å². The van der Waals surface area contributed by atoms with Crippen LogP contribution in [0.15, 0.2) is 83.3 Å². The van der Waals surface area contributed by atoms with Crippen molar-refractivity contribution in [2.24, 2.45) is 4.99 Å². The maximum atomic E-state index is 12.2. The number of imidazole rings is 1. The first-order valence-corrected chi connectivity index (χ1v) is 9.69. The first-order chi connectivity index (χ1) is 14.2. The number of allylic oxidation sites excluding steroid dienone is 6. The molecule has 0 aliphatic carbocycles. The topological polar surface area (TPSA) is 70.2 Å². The Hall–Kier alpha value is -3.67. The maximum Gasteiger partial charge on any atom is 0.295 e. The van der Waals surface area contributed by atoms with Gasteiger partial charge in [0.05, 0.1) is 0 Å². The molecule has 0 aromatic carbocycles. The summed E-state index contributed by atoms with van der Waals surface area (Å²) in [5.41, 5.74) is 2.91. The van der Waals surface area contributed by atoms with Crippen LogP contribution in [0.25, 0.3) is 11.7 Å². The molecule has 0 saturated heterocycles. The van der Waals surface area contributed by atoms with E-state index in [4.69, 9.17) is 0 Å². The maximum absolute atomic E-state index is 12.2. The summed E-state index contributed by atoms with van der Waals surface area (Å²) >= 11 is 0. The summed E-state index contributed by atoms with van der Waals surface area (Å²) in [5, 5.41) is 10.2. The highest BCUT2D eigenvalue weighted by atomic mass is 16.3. The SMILES string of the molecule is CCCCC(/C=C/c1c(O)nc2ccccn12)=C\C=C1\C(=O)N=C2C=CC=CN21. The predicted molar refractivity (Wildman–Crippen MR) is 114 cm³/mol. The van der Waals surface area contributed by atoms with Gasteiger partial charge in [0, 0.05) is 12.4 Å². The molecule has 2 aliphatic heterocycles. The molecule has 0 spiro atoms. The van der Waals surface area contributed by atoms with Gasteiger partial charge in [-0.1, -0.05) is 37.6 Å². The van der Waals surface area contributed by atoms with Crippen molar-refractivity contribution >= 4 is 23.5 Å². The lowest BCUT2D eigenvalue weighted by Crippen LogP contribution is -2.20. The fraction of sp³-hybridized carbons (Fsp3) is 0.174. The lowest BCUT2D eigenvalue weighted by atomic mass is 10.1. The Kier molecular flexibility index (Phi) is 5.24. The highest BCUT2D eigenvalue weighted by Crippen LogP contribution is 2.23. The molecule has 6 nitrogen and oxygen atoms in total. The zero-order valence-corrected chi connectivity index (χ0v) is 16.2. The van der Waals surface area contributed by atoms with E-state index < -0.39 is 0 Å². The quantitative estimate of drug-likeness (QED) is 0.591. The molecule has 2 aromatic rings. The minimum absolute atomic E-state index is 0.00472. The third kappa shape index (κ3) is 3.82. The normalized spacial score (nSPS) is 17.8. The average molecular weight is 386 g/mol. The second-order valence-corrected chi connectivity index (χ2v) is 6.83. The Morgan fingerprint density at radius 1 is 1.28 bits per heavy atom. The van der Waals surface area contributed by atoms with Gasteiger partial charge in [0.25, 0.3) is 5.91 Å². The molecule has 4 rings (SSSR count). The molecule has 6 heteroatoms. The van der Waals surface area contributed by atoms with Gasteiger partial charge in [0.15, 0.2) is 0 Å². The van der Waals surface area contributed by atoms with Gasteiger partial charge in [0.2, 0.25) is 5.88 Å². The minimum atomic E-state index is -0.245. The largest absolute Gasteiger partial charge is 0.492 e. The van der Waals surface area contributed by atoms with Crippen LogP contribution in [-0.2, 0) is 4.79 Å². The van der Waals surface area contributed by atoms with E-state index in [1.54, 1.807) is 4.90 Å². The van der Waals surface area contributed by atoms with Gasteiger partial charge < -0.3 is 5.11 Å². The highest BCUT2D eigenvalue weighted by molar-refractivity contribution is 6.15. The number of unbranched alkanes of at least 4 members (excludes halogenated alkanes) is 1. The van der Waals surface area contributed by atoms with Crippen LogP contribution in [0.4, 0.5) is 0 Å². The van der Waals surface area contributed by atoms with Crippen LogP contribution in [0.2, 0.25) is 0 Å². The zero-order valence-electron chi connectivity index (χ0n) is 16.2. The number of carbonyl (C=O) groups excluding carboxylic acids is 1. The first-order valence-electron chi connectivity index (χ1n) is 9.69. The summed E-state index contributed by atoms with van der Waals surface area (Å²) in [5.74, 6) is 0.388. The minimum Gasteiger partial charge on any atom is -0.492 e. The molecule has 1 amide bonds. The molecule has 0 radical (unpaired) electrons. The summed E-state index contributed by atoms with van der Waals surface area (Å²) < 4.78 is 1.84. The van der Waals surface area contributed by atoms with Crippen LogP contribution >= 0.6 is 0 Å². The van der Waals surface area contributed by atoms with E-state index in [1.165, 1.54) is 0 Å². The number of hydrogen-bond acceptors (Lipinski definition) is 4. The third-order valence-corrected chi connectivity index (χ3v) is 4.81. The first kappa shape index (κ1) is 18.7. The number of aromatic hydroxyl groups is 1. The standard InChI is InChI=1S/C23H22N4O2/c1-2-3-8-17(11-13-18-22(28)24-20-9-4-6-15-26(18)20)12-14-19-23(29)25-21-10-5-7-16-27(19)21/h4-7,9-16,28H,2-3,8H2,1H3/b13-11+,17-12+,19-14-. The molecule has 0 atom stereocenters. The van der Waals surface area contributed by atoms with Crippen molar-refractivity contribution in [3.8, 4) is 5.88 Å². The van der Waals surface area contributed by atoms with Gasteiger partial charge in [0.1, 0.15) is 22.9 Å². The monoisotopic (exact) mass is 386 g/mol. The van der Waals surface area contributed by atoms with Crippen LogP contribution in [0.5, 0.6) is 5.88 Å². The van der Waals surface area contributed by atoms with Crippen LogP contribution in [0, 0.1) is 0 Å². The smallest absolute Gasteiger partial charge is 0.295 e. The van der Waals surface area contributed by atoms with Crippen molar-refractivity contribution in [3.63, 3.8) is 0 Å². The molecule has 0 unspecified atom stereocenters. The number of amidine groups is 1. The molecule has 29 heavy (non-hydrogen) atoms. The van der Waals surface area contributed by atoms with Crippen molar-refractivity contribution in [2.75, 3.05) is 0 Å². The van der Waals surface area contributed by atoms with Gasteiger partial charge in [-0.15, -0.1) is 0 Å². The van der Waals surface area contributed by atoms with Crippen molar-refractivity contribution in [2.45, 2.75) is 26.2 Å². The Balaban J connectivity index is 1.63. The lowest BCUT2D eigenvalue weighted by molar-refractivity contribution is -0.114. The van der Waals surface area contributed by atoms with Crippen LogP contribution in [0.1, 0.15) is 31.9 Å². The number of aromatic nitrogens is 2. The number of carbonyl (C=O) groups is 1. The molecule has 2 aromatic heterocycles. The van der Waals surface area contributed by atoms with E-state index in [1.807, 2.05) is 77.5 Å². The second kappa shape index (κ2) is 8.14. The van der Waals surface area contributed by atoms with Gasteiger partial charge in [-0.2, -0.15) is 9.98 Å². The van der Waals surface area contributed by atoms with Crippen molar-refractivity contribution in [1.29, 1.82) is 0 Å². The third-order valence-electron chi connectivity index (χ3n) is 4.81. The Bertz CT molecular complexity index is 1130. The second-order valence-electron chi connectivity index (χ2n) is 6.83. The van der Waals surface area contributed by atoms with E-state index in [0.717, 1.165) is 24.8 Å². The highest BCUT2D eigenvalue weighted by Gasteiger charge is 2.26. The van der Waals surface area contributed by atoms with Crippen LogP contribution in [0.3, 0.4) is 0 Å². The molecule has 0 saturated carbocycles. The van der Waals surface area contributed by atoms with Crippen LogP contribution < -0.4 is 0 Å². The van der Waals surface area contributed by atoms with E-state index in [2.05, 4.69) is 16.9 Å². The molecule has 4 heterocycles. The molecular formula is C23H22N4O2. The van der Waals surface area contributed by atoms with Crippen molar-refractivity contribution < 1.29 is 9.90 Å². The molecule has 2 aliphatic rings. The molecule has 146 valence electrons. The number of aliphatic imine (C=N–C) groups is 1. The molecule has 0 bridgehead atoms. The number of hydrogen-bond donors (Lipinski definition) is 1. The molecule has 0 fully saturated rings. The Morgan fingerprint density at radius 2 is 2.17 bits per heavy atom. The summed E-state index contributed by atoms with van der Waals surface area (Å²) in [4.78, 5) is 22.3. The number of pyridine rings is 1. The van der Waals surface area contributed by atoms with Gasteiger partial charge >= 0.3 is 0 Å². The number of amides is 1. The van der Waals surface area contributed by atoms with E-state index in [0.29, 0.717) is 22.9 Å². The van der Waals surface area contributed by atoms with Crippen molar-refractivity contribution in [3.05, 3.63) is 84.0 Å². The lowest BCUT2D eigenvalue weighted by Gasteiger charge is -2.15. The average Bonchev–Trinajstić information content (AvgIpc) is 3.22. The predicted octanol–water partition coefficient (Wildman–Crippen LogP) is 4.38. The number of rotatable bonds is 6. The van der Waals surface area contributed by atoms with Gasteiger partial charge in [-0.25, -0.2) is 0 Å². The number of fused-ring (bicyclic) bond motifs is 2. The zero-order chi connectivity index (χ0) is 20.2. The molecule has 1 N–H and O–H groups in total. The van der Waals surface area contributed by atoms with E-state index in [-0.39, 0.29) is 11.8 Å². The summed E-state index contributed by atoms with van der Waals surface area (Å²) in [6.45, 7) is 2.14. The summed E-state index contributed by atoms with van der Waals surface area (Å²) in [7, 11) is 0. The van der Waals surface area contributed by atoms with Crippen LogP contribution in [-0.4, -0.2) is 31.1 Å². The van der Waals surface area contributed by atoms with Crippen molar-refractivity contribution in [1.82, 2.24) is 14.3 Å². The van der Waals surface area contributed by atoms with Gasteiger partial charge in [-0.05, 0) is 54.9 Å². The fourth-order valence-electron chi connectivity index (χ4n) is 3.28. The molecular weight excluding hydrogens is 364 g/mol. The van der Waals surface area contributed by atoms with E-state index >= 15 is 0 Å². The number of nitrogens with zero attached hydrogens (tertiary/aromatic N) is 4. The Morgan fingerprint density at radius 3 is 3.03 bits per heavy atom. The van der Waals surface area contributed by atoms with E-state index in [9.17, 15) is 9.90 Å². The summed E-state index contributed by atoms with van der Waals surface area (Å²) in [6, 6.07) is 5.62. The fourth-order valence-corrected chi connectivity index (χ4v) is 3.28. The Labute approximate surface area is 169 Å².